The highest BCUT2D eigenvalue weighted by Crippen LogP contribution is 2.29. The van der Waals surface area contributed by atoms with Crippen LogP contribution in [0.1, 0.15) is 21.6 Å². The Morgan fingerprint density at radius 2 is 2.10 bits per heavy atom. The number of pyridine rings is 1. The zero-order chi connectivity index (χ0) is 15.0. The van der Waals surface area contributed by atoms with Crippen LogP contribution in [0, 0.1) is 13.8 Å². The Morgan fingerprint density at radius 1 is 1.29 bits per heavy atom. The summed E-state index contributed by atoms with van der Waals surface area (Å²) in [4.78, 5) is 20.7. The van der Waals surface area contributed by atoms with Crippen molar-refractivity contribution in [3.05, 3.63) is 51.8 Å². The number of benzene rings is 1. The highest BCUT2D eigenvalue weighted by Gasteiger charge is 2.12. The van der Waals surface area contributed by atoms with Crippen molar-refractivity contribution in [2.24, 2.45) is 0 Å². The second-order valence-corrected chi connectivity index (χ2v) is 6.71. The quantitative estimate of drug-likeness (QED) is 0.739. The number of nitrogens with one attached hydrogen (secondary N) is 1. The molecule has 1 amide bonds. The second kappa shape index (κ2) is 5.54. The molecule has 0 unspecified atom stereocenters. The van der Waals surface area contributed by atoms with Crippen molar-refractivity contribution in [1.82, 2.24) is 9.97 Å². The van der Waals surface area contributed by atoms with Crippen LogP contribution in [0.2, 0.25) is 0 Å². The number of hydrogen-bond donors (Lipinski definition) is 1. The summed E-state index contributed by atoms with van der Waals surface area (Å²) in [5, 5.41) is 3.40. The van der Waals surface area contributed by atoms with E-state index in [4.69, 9.17) is 0 Å². The van der Waals surface area contributed by atoms with Crippen molar-refractivity contribution in [3.63, 3.8) is 0 Å². The van der Waals surface area contributed by atoms with E-state index < -0.39 is 0 Å². The summed E-state index contributed by atoms with van der Waals surface area (Å²) < 4.78 is 1.91. The van der Waals surface area contributed by atoms with Gasteiger partial charge in [0.05, 0.1) is 10.2 Å². The number of nitrogens with zero attached hydrogens (tertiary/aromatic N) is 2. The fraction of sp³-hybridized carbons (Fsp3) is 0.133. The second-order valence-electron chi connectivity index (χ2n) is 4.76. The van der Waals surface area contributed by atoms with Crippen molar-refractivity contribution in [1.29, 1.82) is 0 Å². The third-order valence-corrected chi connectivity index (χ3v) is 4.40. The van der Waals surface area contributed by atoms with Crippen LogP contribution in [0.4, 0.5) is 5.13 Å². The van der Waals surface area contributed by atoms with E-state index in [-0.39, 0.29) is 5.91 Å². The molecule has 2 heterocycles. The molecule has 0 aliphatic carbocycles. The van der Waals surface area contributed by atoms with E-state index in [1.807, 2.05) is 6.92 Å². The van der Waals surface area contributed by atoms with Gasteiger partial charge in [0.15, 0.2) is 5.13 Å². The van der Waals surface area contributed by atoms with E-state index in [2.05, 4.69) is 50.3 Å². The molecule has 0 aliphatic rings. The molecular weight excluding hydrogens is 350 g/mol. The first-order valence-corrected chi connectivity index (χ1v) is 7.94. The Hall–Kier alpha value is -1.79. The van der Waals surface area contributed by atoms with E-state index in [1.54, 1.807) is 18.3 Å². The van der Waals surface area contributed by atoms with Gasteiger partial charge in [0.1, 0.15) is 5.69 Å². The van der Waals surface area contributed by atoms with Gasteiger partial charge in [-0.05, 0) is 59.1 Å². The maximum absolute atomic E-state index is 12.1. The van der Waals surface area contributed by atoms with Crippen LogP contribution in [0.15, 0.2) is 34.9 Å². The van der Waals surface area contributed by atoms with E-state index in [0.717, 1.165) is 20.3 Å². The molecule has 2 aromatic heterocycles. The zero-order valence-corrected chi connectivity index (χ0v) is 13.9. The lowest BCUT2D eigenvalue weighted by atomic mass is 10.1. The summed E-state index contributed by atoms with van der Waals surface area (Å²) >= 11 is 4.77. The number of thiazole rings is 1. The van der Waals surface area contributed by atoms with Gasteiger partial charge in [0.2, 0.25) is 0 Å². The molecule has 0 spiro atoms. The van der Waals surface area contributed by atoms with Gasteiger partial charge in [0, 0.05) is 10.7 Å². The summed E-state index contributed by atoms with van der Waals surface area (Å²) in [6.45, 7) is 4.08. The first-order chi connectivity index (χ1) is 10.0. The summed E-state index contributed by atoms with van der Waals surface area (Å²) in [6, 6.07) is 7.62. The molecule has 0 atom stereocenters. The van der Waals surface area contributed by atoms with Crippen LogP contribution >= 0.6 is 27.3 Å². The smallest absolute Gasteiger partial charge is 0.276 e. The highest BCUT2D eigenvalue weighted by molar-refractivity contribution is 9.10. The van der Waals surface area contributed by atoms with Crippen molar-refractivity contribution in [2.45, 2.75) is 13.8 Å². The molecule has 0 fully saturated rings. The van der Waals surface area contributed by atoms with Gasteiger partial charge in [-0.2, -0.15) is 0 Å². The molecule has 3 aromatic rings. The summed E-state index contributed by atoms with van der Waals surface area (Å²) in [7, 11) is 0. The highest BCUT2D eigenvalue weighted by atomic mass is 79.9. The summed E-state index contributed by atoms with van der Waals surface area (Å²) in [6.07, 6.45) is 1.60. The van der Waals surface area contributed by atoms with Crippen molar-refractivity contribution in [2.75, 3.05) is 5.32 Å². The molecule has 0 saturated heterocycles. The molecule has 0 radical (unpaired) electrons. The van der Waals surface area contributed by atoms with Crippen LogP contribution in [0.3, 0.4) is 0 Å². The van der Waals surface area contributed by atoms with Gasteiger partial charge in [-0.25, -0.2) is 9.97 Å². The number of anilines is 1. The minimum atomic E-state index is -0.254. The lowest BCUT2D eigenvalue weighted by Crippen LogP contribution is -2.13. The fourth-order valence-corrected chi connectivity index (χ4v) is 3.37. The molecule has 1 N–H and O–H groups in total. The molecule has 0 saturated carbocycles. The van der Waals surface area contributed by atoms with Crippen molar-refractivity contribution >= 4 is 48.5 Å². The van der Waals surface area contributed by atoms with Crippen LogP contribution < -0.4 is 5.32 Å². The van der Waals surface area contributed by atoms with Crippen LogP contribution in [0.5, 0.6) is 0 Å². The Kier molecular flexibility index (Phi) is 3.73. The van der Waals surface area contributed by atoms with Gasteiger partial charge >= 0.3 is 0 Å². The zero-order valence-electron chi connectivity index (χ0n) is 11.5. The van der Waals surface area contributed by atoms with Gasteiger partial charge < -0.3 is 0 Å². The number of halogens is 1. The van der Waals surface area contributed by atoms with E-state index in [0.29, 0.717) is 10.8 Å². The van der Waals surface area contributed by atoms with E-state index in [9.17, 15) is 4.79 Å². The SMILES string of the molecule is Cc1cc(C)c2nc(NC(=O)c3ccc(Br)cn3)sc2c1. The van der Waals surface area contributed by atoms with Crippen molar-refractivity contribution < 1.29 is 4.79 Å². The predicted octanol–water partition coefficient (Wildman–Crippen LogP) is 4.32. The lowest BCUT2D eigenvalue weighted by molar-refractivity contribution is 0.102. The molecule has 106 valence electrons. The standard InChI is InChI=1S/C15H12BrN3OS/c1-8-5-9(2)13-12(6-8)21-15(18-13)19-14(20)11-4-3-10(16)7-17-11/h3-7H,1-2H3,(H,18,19,20). The van der Waals surface area contributed by atoms with Crippen molar-refractivity contribution in [3.8, 4) is 0 Å². The van der Waals surface area contributed by atoms with Gasteiger partial charge in [-0.1, -0.05) is 17.4 Å². The van der Waals surface area contributed by atoms with Gasteiger partial charge in [0.25, 0.3) is 5.91 Å². The van der Waals surface area contributed by atoms with Crippen LogP contribution in [-0.4, -0.2) is 15.9 Å². The predicted molar refractivity (Wildman–Crippen MR) is 89.0 cm³/mol. The number of fused-ring (bicyclic) bond motifs is 1. The molecule has 0 aliphatic heterocycles. The molecule has 6 heteroatoms. The average molecular weight is 362 g/mol. The molecule has 21 heavy (non-hydrogen) atoms. The number of aromatic nitrogens is 2. The first-order valence-electron chi connectivity index (χ1n) is 6.33. The first kappa shape index (κ1) is 14.2. The fourth-order valence-electron chi connectivity index (χ4n) is 2.10. The summed E-state index contributed by atoms with van der Waals surface area (Å²) in [5.41, 5.74) is 3.61. The normalized spacial score (nSPS) is 10.8. The van der Waals surface area contributed by atoms with Gasteiger partial charge in [-0.3, -0.25) is 10.1 Å². The molecule has 0 bridgehead atoms. The Balaban J connectivity index is 1.89. The number of carbonyl (C=O) groups excluding carboxylic acids is 1. The minimum absolute atomic E-state index is 0.254. The van der Waals surface area contributed by atoms with Gasteiger partial charge in [-0.15, -0.1) is 0 Å². The van der Waals surface area contributed by atoms with Crippen LogP contribution in [0.25, 0.3) is 10.2 Å². The Labute approximate surface area is 134 Å². The monoisotopic (exact) mass is 361 g/mol. The maximum Gasteiger partial charge on any atom is 0.276 e. The van der Waals surface area contributed by atoms with E-state index >= 15 is 0 Å². The Morgan fingerprint density at radius 3 is 2.81 bits per heavy atom. The number of carbonyl (C=O) groups is 1. The average Bonchev–Trinajstić information content (AvgIpc) is 2.82. The number of amides is 1. The minimum Gasteiger partial charge on any atom is -0.296 e. The topological polar surface area (TPSA) is 54.9 Å². The van der Waals surface area contributed by atoms with E-state index in [1.165, 1.54) is 16.9 Å². The molecular formula is C15H12BrN3OS. The Bertz CT molecular complexity index is 827. The third kappa shape index (κ3) is 2.96. The van der Waals surface area contributed by atoms with Crippen LogP contribution in [-0.2, 0) is 0 Å². The number of rotatable bonds is 2. The molecule has 1 aromatic carbocycles. The number of aryl methyl sites for hydroxylation is 2. The molecule has 4 nitrogen and oxygen atoms in total. The summed E-state index contributed by atoms with van der Waals surface area (Å²) in [5.74, 6) is -0.254. The maximum atomic E-state index is 12.1. The molecule has 3 rings (SSSR count). The largest absolute Gasteiger partial charge is 0.296 e. The third-order valence-electron chi connectivity index (χ3n) is 3.01. The lowest BCUT2D eigenvalue weighted by Gasteiger charge is -2.00. The number of hydrogen-bond acceptors (Lipinski definition) is 4.